The first-order valence-electron chi connectivity index (χ1n) is 12.3. The minimum atomic E-state index is -0.851. The summed E-state index contributed by atoms with van der Waals surface area (Å²) in [4.78, 5) is 20.9. The second-order valence-corrected chi connectivity index (χ2v) is 11.0. The lowest BCUT2D eigenvalue weighted by Gasteiger charge is -2.22. The van der Waals surface area contributed by atoms with Crippen molar-refractivity contribution in [2.45, 2.75) is 45.0 Å². The third-order valence-corrected chi connectivity index (χ3v) is 7.42. The Balaban J connectivity index is 0.000000211. The molecule has 2 atom stereocenters. The molecule has 1 saturated heterocycles. The topological polar surface area (TPSA) is 106 Å². The van der Waals surface area contributed by atoms with E-state index in [-0.39, 0.29) is 18.0 Å². The molecule has 7 nitrogen and oxygen atoms in total. The average Bonchev–Trinajstić information content (AvgIpc) is 3.68. The van der Waals surface area contributed by atoms with Crippen LogP contribution < -0.4 is 4.74 Å². The van der Waals surface area contributed by atoms with Gasteiger partial charge in [-0.15, -0.1) is 0 Å². The van der Waals surface area contributed by atoms with Crippen molar-refractivity contribution in [3.63, 3.8) is 0 Å². The molecule has 9 heteroatoms. The van der Waals surface area contributed by atoms with Crippen molar-refractivity contribution >= 4 is 44.4 Å². The monoisotopic (exact) mass is 664 g/mol. The van der Waals surface area contributed by atoms with Gasteiger partial charge in [0, 0.05) is 11.1 Å². The van der Waals surface area contributed by atoms with E-state index in [0.717, 1.165) is 12.9 Å². The van der Waals surface area contributed by atoms with Crippen molar-refractivity contribution in [3.8, 4) is 11.5 Å². The molecule has 0 spiro atoms. The normalized spacial score (nSPS) is 16.9. The number of carbonyl (C=O) groups is 2. The van der Waals surface area contributed by atoms with Crippen LogP contribution in [-0.2, 0) is 16.1 Å². The lowest BCUT2D eigenvalue weighted by Crippen LogP contribution is -2.31. The summed E-state index contributed by atoms with van der Waals surface area (Å²) in [5.41, 5.74) is 1.37. The number of benzene rings is 3. The summed E-state index contributed by atoms with van der Waals surface area (Å²) in [6.07, 6.45) is 2.05. The number of phenolic OH excluding ortho intramolecular Hbond substituents is 1. The predicted octanol–water partition coefficient (Wildman–Crippen LogP) is 6.76. The van der Waals surface area contributed by atoms with Gasteiger partial charge in [-0.3, -0.25) is 9.59 Å². The maximum atomic E-state index is 10.7. The molecule has 0 radical (unpaired) electrons. The standard InChI is InChI=1S/C12H15BrO3.C11H14O2.C7H5BrO2/c1-3-12(2,15)8-16-10-6-4-5-9(7-14)11(10)13;1-11(9-13-11)8-12-7-10-5-3-2-4-6-10;8-7-5(4-9)2-1-3-6(7)10/h4-7,15H,3,8H2,1-2H3;2-6H,7-9H2,1H3;1-4,10H. The van der Waals surface area contributed by atoms with Gasteiger partial charge >= 0.3 is 0 Å². The minimum Gasteiger partial charge on any atom is -0.507 e. The van der Waals surface area contributed by atoms with Gasteiger partial charge in [-0.2, -0.15) is 0 Å². The summed E-state index contributed by atoms with van der Waals surface area (Å²) in [6, 6.07) is 20.1. The van der Waals surface area contributed by atoms with Crippen molar-refractivity contribution < 1.29 is 34.0 Å². The maximum Gasteiger partial charge on any atom is 0.151 e. The van der Waals surface area contributed by atoms with E-state index in [0.29, 0.717) is 51.7 Å². The van der Waals surface area contributed by atoms with Gasteiger partial charge in [0.1, 0.15) is 23.7 Å². The number of hydrogen-bond acceptors (Lipinski definition) is 7. The fourth-order valence-corrected chi connectivity index (χ4v) is 3.69. The number of halogens is 2. The lowest BCUT2D eigenvalue weighted by atomic mass is 10.1. The zero-order chi connectivity index (χ0) is 28.9. The molecule has 210 valence electrons. The van der Waals surface area contributed by atoms with E-state index in [9.17, 15) is 14.7 Å². The molecule has 0 aromatic heterocycles. The average molecular weight is 666 g/mol. The highest BCUT2D eigenvalue weighted by Crippen LogP contribution is 2.29. The molecule has 2 N–H and O–H groups in total. The van der Waals surface area contributed by atoms with Gasteiger partial charge in [-0.05, 0) is 69.8 Å². The molecule has 1 aliphatic rings. The molecule has 1 aliphatic heterocycles. The van der Waals surface area contributed by atoms with Crippen molar-refractivity contribution in [3.05, 3.63) is 92.4 Å². The van der Waals surface area contributed by atoms with E-state index < -0.39 is 5.60 Å². The van der Waals surface area contributed by atoms with Crippen LogP contribution in [0, 0.1) is 0 Å². The summed E-state index contributed by atoms with van der Waals surface area (Å²) >= 11 is 6.35. The molecule has 2 unspecified atom stereocenters. The molecule has 0 bridgehead atoms. The van der Waals surface area contributed by atoms with E-state index in [1.165, 1.54) is 11.6 Å². The molecule has 4 rings (SSSR count). The number of rotatable bonds is 10. The first-order chi connectivity index (χ1) is 18.5. The molecule has 1 heterocycles. The van der Waals surface area contributed by atoms with Crippen LogP contribution >= 0.6 is 31.9 Å². The smallest absolute Gasteiger partial charge is 0.151 e. The Kier molecular flexibility index (Phi) is 13.3. The first-order valence-corrected chi connectivity index (χ1v) is 13.9. The Bertz CT molecular complexity index is 1200. The molecule has 39 heavy (non-hydrogen) atoms. The Labute approximate surface area is 246 Å². The van der Waals surface area contributed by atoms with Gasteiger partial charge < -0.3 is 24.4 Å². The van der Waals surface area contributed by atoms with Gasteiger partial charge in [-0.1, -0.05) is 61.5 Å². The van der Waals surface area contributed by atoms with E-state index in [2.05, 4.69) is 50.9 Å². The summed E-state index contributed by atoms with van der Waals surface area (Å²) in [7, 11) is 0. The molecule has 0 aliphatic carbocycles. The van der Waals surface area contributed by atoms with Crippen molar-refractivity contribution in [2.24, 2.45) is 0 Å². The van der Waals surface area contributed by atoms with Crippen LogP contribution in [0.15, 0.2) is 75.7 Å². The number of aliphatic hydroxyl groups is 1. The van der Waals surface area contributed by atoms with E-state index in [4.69, 9.17) is 19.3 Å². The maximum absolute atomic E-state index is 10.7. The van der Waals surface area contributed by atoms with Gasteiger partial charge in [0.25, 0.3) is 0 Å². The Morgan fingerprint density at radius 3 is 2.10 bits per heavy atom. The second-order valence-electron chi connectivity index (χ2n) is 9.43. The van der Waals surface area contributed by atoms with Gasteiger partial charge in [0.15, 0.2) is 12.6 Å². The third kappa shape index (κ3) is 11.6. The van der Waals surface area contributed by atoms with Crippen LogP contribution in [0.3, 0.4) is 0 Å². The highest BCUT2D eigenvalue weighted by atomic mass is 79.9. The fourth-order valence-electron chi connectivity index (χ4n) is 2.86. The van der Waals surface area contributed by atoms with E-state index in [1.54, 1.807) is 37.3 Å². The van der Waals surface area contributed by atoms with Gasteiger partial charge in [-0.25, -0.2) is 0 Å². The number of ether oxygens (including phenoxy) is 3. The molecule has 1 fully saturated rings. The van der Waals surface area contributed by atoms with E-state index >= 15 is 0 Å². The number of hydrogen-bond donors (Lipinski definition) is 2. The number of epoxide rings is 1. The summed E-state index contributed by atoms with van der Waals surface area (Å²) in [5, 5.41) is 18.8. The minimum absolute atomic E-state index is 0.00871. The zero-order valence-electron chi connectivity index (χ0n) is 22.2. The van der Waals surface area contributed by atoms with Gasteiger partial charge in [0.05, 0.1) is 34.4 Å². The Morgan fingerprint density at radius 2 is 1.56 bits per heavy atom. The highest BCUT2D eigenvalue weighted by molar-refractivity contribution is 9.11. The highest BCUT2D eigenvalue weighted by Gasteiger charge is 2.39. The molecular weight excluding hydrogens is 632 g/mol. The molecule has 0 amide bonds. The van der Waals surface area contributed by atoms with Crippen molar-refractivity contribution in [1.29, 1.82) is 0 Å². The summed E-state index contributed by atoms with van der Waals surface area (Å²) in [6.45, 7) is 8.08. The summed E-state index contributed by atoms with van der Waals surface area (Å²) in [5.74, 6) is 0.655. The van der Waals surface area contributed by atoms with Crippen LogP contribution in [0.4, 0.5) is 0 Å². The number of phenols is 1. The van der Waals surface area contributed by atoms with Crippen LogP contribution in [0.5, 0.6) is 11.5 Å². The Hall–Kier alpha value is -2.56. The number of aldehydes is 2. The summed E-state index contributed by atoms with van der Waals surface area (Å²) < 4.78 is 17.3. The largest absolute Gasteiger partial charge is 0.507 e. The molecule has 3 aromatic carbocycles. The van der Waals surface area contributed by atoms with Crippen LogP contribution in [0.25, 0.3) is 0 Å². The second kappa shape index (κ2) is 15.9. The number of carbonyl (C=O) groups excluding carboxylic acids is 2. The van der Waals surface area contributed by atoms with E-state index in [1.807, 2.05) is 25.1 Å². The van der Waals surface area contributed by atoms with Crippen LogP contribution in [0.1, 0.15) is 53.5 Å². The number of aromatic hydroxyl groups is 1. The first kappa shape index (κ1) is 32.7. The van der Waals surface area contributed by atoms with Crippen molar-refractivity contribution in [1.82, 2.24) is 0 Å². The van der Waals surface area contributed by atoms with Crippen LogP contribution in [-0.4, -0.2) is 53.8 Å². The molecular formula is C30H34Br2O7. The third-order valence-electron chi connectivity index (χ3n) is 5.71. The van der Waals surface area contributed by atoms with Crippen molar-refractivity contribution in [2.75, 3.05) is 19.8 Å². The SMILES string of the molecule is CC1(COCc2ccccc2)CO1.CCC(C)(O)COc1cccc(C=O)c1Br.O=Cc1cccc(O)c1Br. The predicted molar refractivity (Wildman–Crippen MR) is 158 cm³/mol. The van der Waals surface area contributed by atoms with Crippen LogP contribution in [0.2, 0.25) is 0 Å². The van der Waals surface area contributed by atoms with Gasteiger partial charge in [0.2, 0.25) is 0 Å². The Morgan fingerprint density at radius 1 is 0.974 bits per heavy atom. The quantitative estimate of drug-likeness (QED) is 0.182. The lowest BCUT2D eigenvalue weighted by molar-refractivity contribution is 0.00822. The fraction of sp³-hybridized carbons (Fsp3) is 0.333. The molecule has 0 saturated carbocycles. The zero-order valence-corrected chi connectivity index (χ0v) is 25.4. The molecule has 3 aromatic rings.